The standard InChI is InChI=1S/C19H23N/c1-17(14-15-19-11-6-3-7-12-19)20-16-8-13-18-9-4-2-5-10-18/h2-13,17,20H,14-16H2,1H3/b13-8+/t17-/m0/s1. The lowest BCUT2D eigenvalue weighted by Gasteiger charge is -2.12. The first-order valence-corrected chi connectivity index (χ1v) is 7.33. The minimum Gasteiger partial charge on any atom is -0.311 e. The van der Waals surface area contributed by atoms with Crippen LogP contribution in [0.3, 0.4) is 0 Å². The molecule has 0 aromatic heterocycles. The van der Waals surface area contributed by atoms with Crippen LogP contribution in [0, 0.1) is 0 Å². The molecule has 1 N–H and O–H groups in total. The molecule has 0 spiro atoms. The van der Waals surface area contributed by atoms with E-state index in [9.17, 15) is 0 Å². The molecule has 2 rings (SSSR count). The quantitative estimate of drug-likeness (QED) is 0.786. The predicted molar refractivity (Wildman–Crippen MR) is 87.7 cm³/mol. The van der Waals surface area contributed by atoms with E-state index in [1.54, 1.807) is 0 Å². The van der Waals surface area contributed by atoms with Gasteiger partial charge in [0, 0.05) is 12.6 Å². The van der Waals surface area contributed by atoms with Crippen molar-refractivity contribution in [2.45, 2.75) is 25.8 Å². The molecule has 1 nitrogen and oxygen atoms in total. The van der Waals surface area contributed by atoms with E-state index in [1.165, 1.54) is 17.5 Å². The second-order valence-electron chi connectivity index (χ2n) is 5.15. The van der Waals surface area contributed by atoms with Crippen LogP contribution in [-0.2, 0) is 6.42 Å². The van der Waals surface area contributed by atoms with E-state index in [-0.39, 0.29) is 0 Å². The molecular formula is C19H23N. The van der Waals surface area contributed by atoms with Crippen molar-refractivity contribution in [2.75, 3.05) is 6.54 Å². The van der Waals surface area contributed by atoms with Crippen molar-refractivity contribution in [3.63, 3.8) is 0 Å². The normalized spacial score (nSPS) is 12.7. The second-order valence-corrected chi connectivity index (χ2v) is 5.15. The van der Waals surface area contributed by atoms with Gasteiger partial charge in [-0.25, -0.2) is 0 Å². The third kappa shape index (κ3) is 5.41. The van der Waals surface area contributed by atoms with Gasteiger partial charge in [-0.3, -0.25) is 0 Å². The zero-order chi connectivity index (χ0) is 14.0. The van der Waals surface area contributed by atoms with Crippen molar-refractivity contribution in [1.29, 1.82) is 0 Å². The summed E-state index contributed by atoms with van der Waals surface area (Å²) in [6, 6.07) is 21.6. The van der Waals surface area contributed by atoms with Gasteiger partial charge in [0.05, 0.1) is 0 Å². The summed E-state index contributed by atoms with van der Waals surface area (Å²) in [5.74, 6) is 0. The average molecular weight is 265 g/mol. The van der Waals surface area contributed by atoms with Crippen molar-refractivity contribution in [2.24, 2.45) is 0 Å². The number of nitrogens with one attached hydrogen (secondary N) is 1. The largest absolute Gasteiger partial charge is 0.311 e. The molecule has 0 saturated heterocycles. The van der Waals surface area contributed by atoms with Crippen molar-refractivity contribution in [3.05, 3.63) is 77.9 Å². The molecule has 0 aliphatic carbocycles. The van der Waals surface area contributed by atoms with E-state index in [0.717, 1.165) is 13.0 Å². The van der Waals surface area contributed by atoms with Gasteiger partial charge in [-0.1, -0.05) is 72.8 Å². The van der Waals surface area contributed by atoms with E-state index in [2.05, 4.69) is 79.0 Å². The second kappa shape index (κ2) is 8.34. The number of hydrogen-bond donors (Lipinski definition) is 1. The Hall–Kier alpha value is -1.86. The lowest BCUT2D eigenvalue weighted by atomic mass is 10.1. The Bertz CT molecular complexity index is 502. The molecule has 0 saturated carbocycles. The summed E-state index contributed by atoms with van der Waals surface area (Å²) in [5, 5.41) is 3.54. The maximum atomic E-state index is 3.54. The van der Waals surface area contributed by atoms with Crippen molar-refractivity contribution in [3.8, 4) is 0 Å². The summed E-state index contributed by atoms with van der Waals surface area (Å²) in [4.78, 5) is 0. The number of benzene rings is 2. The fourth-order valence-electron chi connectivity index (χ4n) is 2.16. The fourth-order valence-corrected chi connectivity index (χ4v) is 2.16. The molecule has 1 atom stereocenters. The molecule has 0 heterocycles. The SMILES string of the molecule is C[C@@H](CCc1ccccc1)NC/C=C/c1ccccc1. The number of aryl methyl sites for hydroxylation is 1. The average Bonchev–Trinajstić information content (AvgIpc) is 2.52. The van der Waals surface area contributed by atoms with Crippen molar-refractivity contribution in [1.82, 2.24) is 5.32 Å². The minimum absolute atomic E-state index is 0.538. The molecule has 1 heteroatoms. The Labute approximate surface area is 122 Å². The number of rotatable bonds is 7. The van der Waals surface area contributed by atoms with Crippen LogP contribution in [0.5, 0.6) is 0 Å². The van der Waals surface area contributed by atoms with Gasteiger partial charge >= 0.3 is 0 Å². The lowest BCUT2D eigenvalue weighted by Crippen LogP contribution is -2.26. The molecule has 0 aliphatic rings. The van der Waals surface area contributed by atoms with Crippen LogP contribution < -0.4 is 5.32 Å². The van der Waals surface area contributed by atoms with Gasteiger partial charge in [0.15, 0.2) is 0 Å². The van der Waals surface area contributed by atoms with Crippen LogP contribution >= 0.6 is 0 Å². The van der Waals surface area contributed by atoms with Gasteiger partial charge in [0.25, 0.3) is 0 Å². The lowest BCUT2D eigenvalue weighted by molar-refractivity contribution is 0.543. The van der Waals surface area contributed by atoms with E-state index < -0.39 is 0 Å². The molecule has 0 unspecified atom stereocenters. The summed E-state index contributed by atoms with van der Waals surface area (Å²) in [5.41, 5.74) is 2.67. The zero-order valence-electron chi connectivity index (χ0n) is 12.1. The summed E-state index contributed by atoms with van der Waals surface area (Å²) in [6.07, 6.45) is 6.66. The molecule has 0 fully saturated rings. The van der Waals surface area contributed by atoms with Crippen LogP contribution in [0.2, 0.25) is 0 Å². The maximum Gasteiger partial charge on any atom is 0.0140 e. The monoisotopic (exact) mass is 265 g/mol. The zero-order valence-corrected chi connectivity index (χ0v) is 12.1. The summed E-state index contributed by atoms with van der Waals surface area (Å²) < 4.78 is 0. The molecular weight excluding hydrogens is 242 g/mol. The highest BCUT2D eigenvalue weighted by atomic mass is 14.9. The van der Waals surface area contributed by atoms with Crippen molar-refractivity contribution < 1.29 is 0 Å². The van der Waals surface area contributed by atoms with Gasteiger partial charge in [0.2, 0.25) is 0 Å². The smallest absolute Gasteiger partial charge is 0.0140 e. The molecule has 0 amide bonds. The van der Waals surface area contributed by atoms with E-state index in [0.29, 0.717) is 6.04 Å². The Kier molecular flexibility index (Phi) is 6.07. The highest BCUT2D eigenvalue weighted by molar-refractivity contribution is 5.48. The van der Waals surface area contributed by atoms with Crippen molar-refractivity contribution >= 4 is 6.08 Å². The molecule has 20 heavy (non-hydrogen) atoms. The van der Waals surface area contributed by atoms with Gasteiger partial charge < -0.3 is 5.32 Å². The molecule has 0 bridgehead atoms. The Morgan fingerprint density at radius 1 is 0.950 bits per heavy atom. The first-order chi connectivity index (χ1) is 9.84. The van der Waals surface area contributed by atoms with Gasteiger partial charge in [0.1, 0.15) is 0 Å². The first-order valence-electron chi connectivity index (χ1n) is 7.33. The van der Waals surface area contributed by atoms with E-state index in [1.807, 2.05) is 6.07 Å². The first kappa shape index (κ1) is 14.5. The molecule has 2 aromatic rings. The third-order valence-electron chi connectivity index (χ3n) is 3.40. The molecule has 0 aliphatic heterocycles. The summed E-state index contributed by atoms with van der Waals surface area (Å²) in [6.45, 7) is 3.17. The Balaban J connectivity index is 1.65. The van der Waals surface area contributed by atoms with Crippen LogP contribution in [0.15, 0.2) is 66.7 Å². The van der Waals surface area contributed by atoms with Gasteiger partial charge in [-0.2, -0.15) is 0 Å². The predicted octanol–water partition coefficient (Wildman–Crippen LogP) is 4.31. The third-order valence-corrected chi connectivity index (χ3v) is 3.40. The minimum atomic E-state index is 0.538. The van der Waals surface area contributed by atoms with Gasteiger partial charge in [-0.15, -0.1) is 0 Å². The van der Waals surface area contributed by atoms with Crippen LogP contribution in [0.25, 0.3) is 6.08 Å². The summed E-state index contributed by atoms with van der Waals surface area (Å²) >= 11 is 0. The van der Waals surface area contributed by atoms with Crippen LogP contribution in [0.4, 0.5) is 0 Å². The highest BCUT2D eigenvalue weighted by Crippen LogP contribution is 2.05. The van der Waals surface area contributed by atoms with E-state index in [4.69, 9.17) is 0 Å². The highest BCUT2D eigenvalue weighted by Gasteiger charge is 2.00. The Morgan fingerprint density at radius 2 is 1.60 bits per heavy atom. The fraction of sp³-hybridized carbons (Fsp3) is 0.263. The topological polar surface area (TPSA) is 12.0 Å². The molecule has 104 valence electrons. The van der Waals surface area contributed by atoms with E-state index >= 15 is 0 Å². The summed E-state index contributed by atoms with van der Waals surface area (Å²) in [7, 11) is 0. The Morgan fingerprint density at radius 3 is 2.30 bits per heavy atom. The van der Waals surface area contributed by atoms with Crippen LogP contribution in [0.1, 0.15) is 24.5 Å². The van der Waals surface area contributed by atoms with Gasteiger partial charge in [-0.05, 0) is 30.9 Å². The molecule has 2 aromatic carbocycles. The molecule has 0 radical (unpaired) electrons. The maximum absolute atomic E-state index is 3.54. The number of hydrogen-bond acceptors (Lipinski definition) is 1. The van der Waals surface area contributed by atoms with Crippen LogP contribution in [-0.4, -0.2) is 12.6 Å².